The summed E-state index contributed by atoms with van der Waals surface area (Å²) in [4.78, 5) is 24.7. The van der Waals surface area contributed by atoms with Gasteiger partial charge in [-0.15, -0.1) is 0 Å². The fraction of sp³-hybridized carbons (Fsp3) is 0.263. The highest BCUT2D eigenvalue weighted by atomic mass is 16.5. The molecule has 3 rings (SSSR count). The smallest absolute Gasteiger partial charge is 0.338 e. The van der Waals surface area contributed by atoms with Gasteiger partial charge in [0.15, 0.2) is 0 Å². The maximum atomic E-state index is 12.4. The zero-order chi connectivity index (χ0) is 15.6. The van der Waals surface area contributed by atoms with E-state index in [4.69, 9.17) is 4.74 Å². The number of carbonyl (C=O) groups is 2. The van der Waals surface area contributed by atoms with Crippen LogP contribution in [0.15, 0.2) is 60.7 Å². The molecule has 1 saturated carbocycles. The van der Waals surface area contributed by atoms with Crippen molar-refractivity contribution in [1.29, 1.82) is 0 Å². The van der Waals surface area contributed by atoms with Crippen molar-refractivity contribution < 1.29 is 14.3 Å². The Morgan fingerprint density at radius 3 is 2.27 bits per heavy atom. The number of ketones is 1. The van der Waals surface area contributed by atoms with Gasteiger partial charge in [0, 0.05) is 6.42 Å². The first-order valence-electron chi connectivity index (χ1n) is 7.47. The van der Waals surface area contributed by atoms with Gasteiger partial charge < -0.3 is 4.74 Å². The van der Waals surface area contributed by atoms with Crippen LogP contribution in [0, 0.1) is 0 Å². The molecule has 112 valence electrons. The van der Waals surface area contributed by atoms with Gasteiger partial charge in [-0.3, -0.25) is 4.79 Å². The predicted octanol–water partition coefficient (Wildman–Crippen LogP) is 3.53. The fourth-order valence-electron chi connectivity index (χ4n) is 3.07. The van der Waals surface area contributed by atoms with Crippen LogP contribution in [-0.2, 0) is 14.9 Å². The van der Waals surface area contributed by atoms with E-state index < -0.39 is 11.5 Å². The third-order valence-electron chi connectivity index (χ3n) is 4.49. The summed E-state index contributed by atoms with van der Waals surface area (Å²) < 4.78 is 5.68. The summed E-state index contributed by atoms with van der Waals surface area (Å²) >= 11 is 0. The predicted molar refractivity (Wildman–Crippen MR) is 83.7 cm³/mol. The first-order valence-corrected chi connectivity index (χ1v) is 7.47. The molecule has 1 aliphatic carbocycles. The quantitative estimate of drug-likeness (QED) is 0.813. The first kappa shape index (κ1) is 14.5. The van der Waals surface area contributed by atoms with Crippen LogP contribution in [-0.4, -0.2) is 17.9 Å². The van der Waals surface area contributed by atoms with Crippen LogP contribution in [0.3, 0.4) is 0 Å². The highest BCUT2D eigenvalue weighted by Gasteiger charge is 2.49. The van der Waals surface area contributed by atoms with E-state index in [0.717, 1.165) is 5.56 Å². The van der Waals surface area contributed by atoms with E-state index in [1.165, 1.54) is 0 Å². The second-order valence-electron chi connectivity index (χ2n) is 5.79. The third kappa shape index (κ3) is 2.43. The molecule has 2 atom stereocenters. The molecule has 0 aromatic heterocycles. The van der Waals surface area contributed by atoms with E-state index in [0.29, 0.717) is 18.4 Å². The van der Waals surface area contributed by atoms with Gasteiger partial charge in [0.2, 0.25) is 0 Å². The Hall–Kier alpha value is -2.42. The molecule has 0 radical (unpaired) electrons. The molecule has 3 nitrogen and oxygen atoms in total. The molecule has 0 spiro atoms. The summed E-state index contributed by atoms with van der Waals surface area (Å²) in [6, 6.07) is 18.5. The average molecular weight is 294 g/mol. The van der Waals surface area contributed by atoms with Crippen LogP contribution < -0.4 is 0 Å². The van der Waals surface area contributed by atoms with Crippen molar-refractivity contribution in [3.63, 3.8) is 0 Å². The molecule has 1 fully saturated rings. The minimum absolute atomic E-state index is 0.129. The molecule has 0 amide bonds. The number of rotatable bonds is 3. The molecule has 2 aromatic rings. The van der Waals surface area contributed by atoms with Gasteiger partial charge in [-0.25, -0.2) is 4.79 Å². The lowest BCUT2D eigenvalue weighted by Gasteiger charge is -2.30. The third-order valence-corrected chi connectivity index (χ3v) is 4.49. The van der Waals surface area contributed by atoms with Crippen molar-refractivity contribution in [2.75, 3.05) is 0 Å². The van der Waals surface area contributed by atoms with Crippen molar-refractivity contribution in [3.05, 3.63) is 71.8 Å². The van der Waals surface area contributed by atoms with Crippen LogP contribution in [0.1, 0.15) is 35.7 Å². The molecule has 0 aliphatic heterocycles. The van der Waals surface area contributed by atoms with E-state index in [1.54, 1.807) is 24.3 Å². The van der Waals surface area contributed by atoms with E-state index in [9.17, 15) is 9.59 Å². The number of esters is 1. The summed E-state index contributed by atoms with van der Waals surface area (Å²) in [5, 5.41) is 0. The molecule has 0 saturated heterocycles. The Morgan fingerprint density at radius 2 is 1.64 bits per heavy atom. The van der Waals surface area contributed by atoms with Gasteiger partial charge >= 0.3 is 5.97 Å². The number of hydrogen-bond acceptors (Lipinski definition) is 3. The lowest BCUT2D eigenvalue weighted by atomic mass is 9.78. The summed E-state index contributed by atoms with van der Waals surface area (Å²) in [5.41, 5.74) is 0.659. The van der Waals surface area contributed by atoms with Crippen LogP contribution in [0.2, 0.25) is 0 Å². The maximum absolute atomic E-state index is 12.4. The van der Waals surface area contributed by atoms with Crippen LogP contribution in [0.5, 0.6) is 0 Å². The lowest BCUT2D eigenvalue weighted by Crippen LogP contribution is -2.40. The Balaban J connectivity index is 1.87. The second kappa shape index (κ2) is 5.76. The van der Waals surface area contributed by atoms with Crippen molar-refractivity contribution in [2.24, 2.45) is 0 Å². The van der Waals surface area contributed by atoms with Crippen molar-refractivity contribution >= 4 is 11.8 Å². The molecular formula is C19H18O3. The lowest BCUT2D eigenvalue weighted by molar-refractivity contribution is -0.123. The van der Waals surface area contributed by atoms with Gasteiger partial charge in [0.1, 0.15) is 11.9 Å². The zero-order valence-electron chi connectivity index (χ0n) is 12.5. The molecule has 0 unspecified atom stereocenters. The van der Waals surface area contributed by atoms with Crippen LogP contribution in [0.4, 0.5) is 0 Å². The van der Waals surface area contributed by atoms with Gasteiger partial charge in [-0.1, -0.05) is 48.5 Å². The van der Waals surface area contributed by atoms with E-state index in [-0.39, 0.29) is 11.8 Å². The van der Waals surface area contributed by atoms with Crippen LogP contribution in [0.25, 0.3) is 0 Å². The minimum Gasteiger partial charge on any atom is -0.457 e. The first-order chi connectivity index (χ1) is 10.6. The van der Waals surface area contributed by atoms with Gasteiger partial charge in [-0.05, 0) is 31.0 Å². The summed E-state index contributed by atoms with van der Waals surface area (Å²) in [6.45, 7) is 1.88. The number of Topliss-reactive ketones (excluding diaryl/α,β-unsaturated/α-hetero) is 1. The van der Waals surface area contributed by atoms with E-state index >= 15 is 0 Å². The molecule has 3 heteroatoms. The van der Waals surface area contributed by atoms with Gasteiger partial charge in [0.25, 0.3) is 0 Å². The highest BCUT2D eigenvalue weighted by molar-refractivity contribution is 5.94. The van der Waals surface area contributed by atoms with Gasteiger partial charge in [0.05, 0.1) is 11.0 Å². The Kier molecular flexibility index (Phi) is 3.80. The Morgan fingerprint density at radius 1 is 1.05 bits per heavy atom. The minimum atomic E-state index is -0.758. The highest BCUT2D eigenvalue weighted by Crippen LogP contribution is 2.40. The largest absolute Gasteiger partial charge is 0.457 e. The SMILES string of the molecule is C[C@]1(c2ccccc2)C(=O)CC[C@H]1OC(=O)c1ccccc1. The van der Waals surface area contributed by atoms with Crippen LogP contribution >= 0.6 is 0 Å². The molecule has 0 bridgehead atoms. The summed E-state index contributed by atoms with van der Waals surface area (Å²) in [7, 11) is 0. The number of hydrogen-bond donors (Lipinski definition) is 0. The standard InChI is InChI=1S/C19H18O3/c1-19(15-10-6-3-7-11-15)16(20)12-13-17(19)22-18(21)14-8-4-2-5-9-14/h2-11,17H,12-13H2,1H3/t17-,19+/m1/s1. The van der Waals surface area contributed by atoms with Crippen molar-refractivity contribution in [1.82, 2.24) is 0 Å². The number of carbonyl (C=O) groups excluding carboxylic acids is 2. The molecule has 1 aliphatic rings. The Bertz CT molecular complexity index is 678. The Labute approximate surface area is 129 Å². The van der Waals surface area contributed by atoms with E-state index in [1.807, 2.05) is 43.3 Å². The zero-order valence-corrected chi connectivity index (χ0v) is 12.5. The number of benzene rings is 2. The van der Waals surface area contributed by atoms with Crippen molar-refractivity contribution in [3.8, 4) is 0 Å². The maximum Gasteiger partial charge on any atom is 0.338 e. The fourth-order valence-corrected chi connectivity index (χ4v) is 3.07. The van der Waals surface area contributed by atoms with E-state index in [2.05, 4.69) is 0 Å². The topological polar surface area (TPSA) is 43.4 Å². The molecule has 2 aromatic carbocycles. The van der Waals surface area contributed by atoms with Crippen molar-refractivity contribution in [2.45, 2.75) is 31.3 Å². The average Bonchev–Trinajstić information content (AvgIpc) is 2.86. The monoisotopic (exact) mass is 294 g/mol. The molecule has 0 N–H and O–H groups in total. The van der Waals surface area contributed by atoms with Gasteiger partial charge in [-0.2, -0.15) is 0 Å². The molecule has 22 heavy (non-hydrogen) atoms. The number of ether oxygens (including phenoxy) is 1. The molecular weight excluding hydrogens is 276 g/mol. The summed E-state index contributed by atoms with van der Waals surface area (Å²) in [5.74, 6) is -0.244. The second-order valence-corrected chi connectivity index (χ2v) is 5.79. The molecule has 0 heterocycles. The normalized spacial score (nSPS) is 24.2. The summed E-state index contributed by atoms with van der Waals surface area (Å²) in [6.07, 6.45) is 0.594.